The lowest BCUT2D eigenvalue weighted by Crippen LogP contribution is -2.30. The Labute approximate surface area is 152 Å². The number of para-hydroxylation sites is 2. The number of hydrogen-bond acceptors (Lipinski definition) is 4. The van der Waals surface area contributed by atoms with E-state index in [4.69, 9.17) is 0 Å². The van der Waals surface area contributed by atoms with Crippen molar-refractivity contribution in [3.8, 4) is 5.82 Å². The zero-order valence-electron chi connectivity index (χ0n) is 14.5. The van der Waals surface area contributed by atoms with Crippen molar-refractivity contribution in [2.75, 3.05) is 23.3 Å². The van der Waals surface area contributed by atoms with Crippen LogP contribution in [0.25, 0.3) is 5.82 Å². The van der Waals surface area contributed by atoms with Gasteiger partial charge in [-0.2, -0.15) is 0 Å². The molecule has 0 spiro atoms. The molecule has 0 saturated carbocycles. The van der Waals surface area contributed by atoms with Crippen molar-refractivity contribution in [1.82, 2.24) is 14.5 Å². The molecule has 2 aromatic heterocycles. The quantitative estimate of drug-likeness (QED) is 0.784. The van der Waals surface area contributed by atoms with Crippen molar-refractivity contribution in [2.24, 2.45) is 0 Å². The summed E-state index contributed by atoms with van der Waals surface area (Å²) in [4.78, 5) is 23.4. The third-order valence-corrected chi connectivity index (χ3v) is 4.63. The van der Waals surface area contributed by atoms with Crippen LogP contribution in [-0.2, 0) is 0 Å². The standard InChI is InChI=1S/C20H21N5O/c26-20(16-8-9-19(22-14-16)25-13-10-21-15-25)23-17-6-2-3-7-18(17)24-11-4-1-5-12-24/h2-3,6-10,13-15H,1,4-5,11-12H2,(H,23,26). The number of anilines is 2. The number of carbonyl (C=O) groups excluding carboxylic acids is 1. The van der Waals surface area contributed by atoms with Crippen molar-refractivity contribution >= 4 is 17.3 Å². The first-order valence-electron chi connectivity index (χ1n) is 8.91. The summed E-state index contributed by atoms with van der Waals surface area (Å²) in [6.45, 7) is 2.07. The molecule has 1 aliphatic heterocycles. The Morgan fingerprint density at radius 1 is 1.04 bits per heavy atom. The van der Waals surface area contributed by atoms with Crippen molar-refractivity contribution < 1.29 is 4.79 Å². The second kappa shape index (κ2) is 7.39. The van der Waals surface area contributed by atoms with E-state index in [-0.39, 0.29) is 5.91 Å². The summed E-state index contributed by atoms with van der Waals surface area (Å²) in [6.07, 6.45) is 10.5. The normalized spacial score (nSPS) is 14.2. The summed E-state index contributed by atoms with van der Waals surface area (Å²) in [5.41, 5.74) is 2.46. The van der Waals surface area contributed by atoms with Crippen LogP contribution < -0.4 is 10.2 Å². The Morgan fingerprint density at radius 2 is 1.88 bits per heavy atom. The number of carbonyl (C=O) groups is 1. The average molecular weight is 347 g/mol. The summed E-state index contributed by atoms with van der Waals surface area (Å²) in [7, 11) is 0. The highest BCUT2D eigenvalue weighted by atomic mass is 16.1. The molecular formula is C20H21N5O. The van der Waals surface area contributed by atoms with Crippen LogP contribution in [0.15, 0.2) is 61.3 Å². The molecule has 1 fully saturated rings. The molecule has 3 aromatic rings. The van der Waals surface area contributed by atoms with Gasteiger partial charge in [-0.05, 0) is 43.5 Å². The molecule has 3 heterocycles. The van der Waals surface area contributed by atoms with Crippen molar-refractivity contribution in [2.45, 2.75) is 19.3 Å². The Bertz CT molecular complexity index is 867. The minimum atomic E-state index is -0.154. The number of imidazole rings is 1. The van der Waals surface area contributed by atoms with Gasteiger partial charge in [0.25, 0.3) is 5.91 Å². The maximum atomic E-state index is 12.7. The van der Waals surface area contributed by atoms with Gasteiger partial charge in [-0.25, -0.2) is 9.97 Å². The largest absolute Gasteiger partial charge is 0.370 e. The lowest BCUT2D eigenvalue weighted by Gasteiger charge is -2.30. The van der Waals surface area contributed by atoms with E-state index in [0.717, 1.165) is 30.3 Å². The number of aromatic nitrogens is 3. The molecule has 6 nitrogen and oxygen atoms in total. The molecular weight excluding hydrogens is 326 g/mol. The minimum Gasteiger partial charge on any atom is -0.370 e. The van der Waals surface area contributed by atoms with Gasteiger partial charge in [0, 0.05) is 31.7 Å². The van der Waals surface area contributed by atoms with Crippen LogP contribution in [0.3, 0.4) is 0 Å². The molecule has 4 rings (SSSR count). The van der Waals surface area contributed by atoms with E-state index >= 15 is 0 Å². The smallest absolute Gasteiger partial charge is 0.257 e. The molecule has 0 radical (unpaired) electrons. The van der Waals surface area contributed by atoms with Crippen LogP contribution >= 0.6 is 0 Å². The first-order chi connectivity index (χ1) is 12.8. The summed E-state index contributed by atoms with van der Waals surface area (Å²) in [5.74, 6) is 0.576. The Morgan fingerprint density at radius 3 is 2.62 bits per heavy atom. The summed E-state index contributed by atoms with van der Waals surface area (Å²) < 4.78 is 1.80. The Hall–Kier alpha value is -3.15. The molecule has 0 atom stereocenters. The number of piperidine rings is 1. The van der Waals surface area contributed by atoms with Crippen molar-refractivity contribution in [3.63, 3.8) is 0 Å². The number of nitrogens with zero attached hydrogens (tertiary/aromatic N) is 4. The fourth-order valence-corrected chi connectivity index (χ4v) is 3.25. The van der Waals surface area contributed by atoms with Crippen molar-refractivity contribution in [1.29, 1.82) is 0 Å². The van der Waals surface area contributed by atoms with E-state index in [9.17, 15) is 4.79 Å². The van der Waals surface area contributed by atoms with Gasteiger partial charge in [-0.3, -0.25) is 9.36 Å². The first-order valence-corrected chi connectivity index (χ1v) is 8.91. The monoisotopic (exact) mass is 347 g/mol. The molecule has 0 unspecified atom stereocenters. The fourth-order valence-electron chi connectivity index (χ4n) is 3.25. The molecule has 1 aliphatic rings. The Kier molecular flexibility index (Phi) is 4.64. The zero-order chi connectivity index (χ0) is 17.8. The topological polar surface area (TPSA) is 63.1 Å². The molecule has 132 valence electrons. The zero-order valence-corrected chi connectivity index (χ0v) is 14.5. The number of benzene rings is 1. The molecule has 1 N–H and O–H groups in total. The SMILES string of the molecule is O=C(Nc1ccccc1N1CCCCC1)c1ccc(-n2ccnc2)nc1. The highest BCUT2D eigenvalue weighted by Crippen LogP contribution is 2.28. The number of hydrogen-bond donors (Lipinski definition) is 1. The predicted molar refractivity (Wildman–Crippen MR) is 102 cm³/mol. The fraction of sp³-hybridized carbons (Fsp3) is 0.250. The molecule has 0 bridgehead atoms. The predicted octanol–water partition coefficient (Wildman–Crippen LogP) is 3.51. The summed E-state index contributed by atoms with van der Waals surface area (Å²) in [5, 5.41) is 3.04. The van der Waals surface area contributed by atoms with Crippen LogP contribution in [0.1, 0.15) is 29.6 Å². The van der Waals surface area contributed by atoms with E-state index in [2.05, 4.69) is 26.3 Å². The number of amides is 1. The first kappa shape index (κ1) is 16.3. The van der Waals surface area contributed by atoms with E-state index in [1.165, 1.54) is 19.3 Å². The third-order valence-electron chi connectivity index (χ3n) is 4.63. The molecule has 1 aromatic carbocycles. The lowest BCUT2D eigenvalue weighted by atomic mass is 10.1. The number of rotatable bonds is 4. The van der Waals surface area contributed by atoms with Crippen LogP contribution in [0.5, 0.6) is 0 Å². The minimum absolute atomic E-state index is 0.154. The molecule has 0 aliphatic carbocycles. The van der Waals surface area contributed by atoms with E-state index in [1.807, 2.05) is 30.5 Å². The van der Waals surface area contributed by atoms with Gasteiger partial charge in [0.1, 0.15) is 12.1 Å². The molecule has 1 saturated heterocycles. The lowest BCUT2D eigenvalue weighted by molar-refractivity contribution is 0.102. The van der Waals surface area contributed by atoms with Gasteiger partial charge in [-0.1, -0.05) is 12.1 Å². The van der Waals surface area contributed by atoms with Crippen molar-refractivity contribution in [3.05, 3.63) is 66.9 Å². The van der Waals surface area contributed by atoms with Gasteiger partial charge >= 0.3 is 0 Å². The Balaban J connectivity index is 1.51. The van der Waals surface area contributed by atoms with Crippen LogP contribution in [0.2, 0.25) is 0 Å². The average Bonchev–Trinajstić information content (AvgIpc) is 3.24. The van der Waals surface area contributed by atoms with Crippen LogP contribution in [0, 0.1) is 0 Å². The van der Waals surface area contributed by atoms with E-state index in [1.54, 1.807) is 29.4 Å². The van der Waals surface area contributed by atoms with Crippen LogP contribution in [-0.4, -0.2) is 33.5 Å². The van der Waals surface area contributed by atoms with Gasteiger partial charge in [0.2, 0.25) is 0 Å². The summed E-state index contributed by atoms with van der Waals surface area (Å²) >= 11 is 0. The third kappa shape index (κ3) is 3.44. The second-order valence-electron chi connectivity index (χ2n) is 6.39. The maximum absolute atomic E-state index is 12.7. The highest BCUT2D eigenvalue weighted by molar-refractivity contribution is 6.05. The van der Waals surface area contributed by atoms with Gasteiger partial charge in [-0.15, -0.1) is 0 Å². The molecule has 1 amide bonds. The molecule has 6 heteroatoms. The van der Waals surface area contributed by atoms with Gasteiger partial charge in [0.05, 0.1) is 16.9 Å². The van der Waals surface area contributed by atoms with E-state index in [0.29, 0.717) is 5.56 Å². The van der Waals surface area contributed by atoms with E-state index < -0.39 is 0 Å². The summed E-state index contributed by atoms with van der Waals surface area (Å²) in [6, 6.07) is 11.6. The highest BCUT2D eigenvalue weighted by Gasteiger charge is 2.16. The maximum Gasteiger partial charge on any atom is 0.257 e. The number of nitrogens with one attached hydrogen (secondary N) is 1. The van der Waals surface area contributed by atoms with Gasteiger partial charge in [0.15, 0.2) is 0 Å². The van der Waals surface area contributed by atoms with Crippen LogP contribution in [0.4, 0.5) is 11.4 Å². The number of pyridine rings is 1. The second-order valence-corrected chi connectivity index (χ2v) is 6.39. The van der Waals surface area contributed by atoms with Gasteiger partial charge < -0.3 is 10.2 Å². The molecule has 26 heavy (non-hydrogen) atoms.